The van der Waals surface area contributed by atoms with Gasteiger partial charge in [-0.25, -0.2) is 4.68 Å². The summed E-state index contributed by atoms with van der Waals surface area (Å²) in [6, 6.07) is 6.21. The van der Waals surface area contributed by atoms with Crippen molar-refractivity contribution < 1.29 is 0 Å². The van der Waals surface area contributed by atoms with Gasteiger partial charge in [-0.1, -0.05) is 25.4 Å². The zero-order chi connectivity index (χ0) is 14.9. The topological polar surface area (TPSA) is 55.6 Å². The lowest BCUT2D eigenvalue weighted by molar-refractivity contribution is 0.358. The van der Waals surface area contributed by atoms with Crippen LogP contribution in [0.5, 0.6) is 0 Å². The van der Waals surface area contributed by atoms with Gasteiger partial charge in [0, 0.05) is 11.8 Å². The number of benzene rings is 1. The predicted molar refractivity (Wildman–Crippen MR) is 87.3 cm³/mol. The number of hydrogen-bond acceptors (Lipinski definition) is 5. The van der Waals surface area contributed by atoms with Gasteiger partial charge in [-0.2, -0.15) is 11.8 Å². The van der Waals surface area contributed by atoms with E-state index in [1.165, 1.54) is 5.75 Å². The highest BCUT2D eigenvalue weighted by atomic mass is 35.5. The van der Waals surface area contributed by atoms with E-state index in [0.717, 1.165) is 28.6 Å². The molecular weight excluding hydrogens is 306 g/mol. The molecule has 1 aromatic heterocycles. The summed E-state index contributed by atoms with van der Waals surface area (Å²) in [4.78, 5) is 0. The summed E-state index contributed by atoms with van der Waals surface area (Å²) < 4.78 is 1.63. The van der Waals surface area contributed by atoms with Crippen molar-refractivity contribution in [1.29, 1.82) is 0 Å². The average Bonchev–Trinajstić information content (AvgIpc) is 2.94. The first-order chi connectivity index (χ1) is 10.0. The SMILES string of the molecule is CC1(C)CSCC(Nc2cc(-n3cnnn3)ccc2Cl)C1. The Morgan fingerprint density at radius 2 is 2.29 bits per heavy atom. The fourth-order valence-electron chi connectivity index (χ4n) is 2.62. The third kappa shape index (κ3) is 3.49. The number of hydrogen-bond donors (Lipinski definition) is 1. The predicted octanol–water partition coefficient (Wildman–Crippen LogP) is 3.26. The molecule has 112 valence electrons. The van der Waals surface area contributed by atoms with Crippen molar-refractivity contribution in [1.82, 2.24) is 20.2 Å². The van der Waals surface area contributed by atoms with Crippen molar-refractivity contribution >= 4 is 29.1 Å². The molecule has 1 N–H and O–H groups in total. The number of aromatic nitrogens is 4. The molecule has 0 amide bonds. The maximum absolute atomic E-state index is 6.32. The Balaban J connectivity index is 1.80. The van der Waals surface area contributed by atoms with Gasteiger partial charge in [0.1, 0.15) is 6.33 Å². The lowest BCUT2D eigenvalue weighted by Gasteiger charge is -2.35. The maximum Gasteiger partial charge on any atom is 0.143 e. The van der Waals surface area contributed by atoms with Gasteiger partial charge in [-0.15, -0.1) is 5.10 Å². The summed E-state index contributed by atoms with van der Waals surface area (Å²) in [6.07, 6.45) is 2.72. The molecule has 0 spiro atoms. The lowest BCUT2D eigenvalue weighted by Crippen LogP contribution is -2.35. The minimum absolute atomic E-state index is 0.362. The van der Waals surface area contributed by atoms with Crippen LogP contribution < -0.4 is 5.32 Å². The number of anilines is 1. The van der Waals surface area contributed by atoms with Gasteiger partial charge in [0.25, 0.3) is 0 Å². The van der Waals surface area contributed by atoms with Crippen molar-refractivity contribution in [2.24, 2.45) is 5.41 Å². The van der Waals surface area contributed by atoms with Crippen LogP contribution in [-0.4, -0.2) is 37.8 Å². The number of rotatable bonds is 3. The fraction of sp³-hybridized carbons (Fsp3) is 0.500. The second-order valence-corrected chi connectivity index (χ2v) is 7.58. The molecule has 1 fully saturated rings. The van der Waals surface area contributed by atoms with E-state index in [0.29, 0.717) is 11.5 Å². The molecule has 21 heavy (non-hydrogen) atoms. The molecule has 2 aromatic rings. The molecule has 1 aromatic carbocycles. The highest BCUT2D eigenvalue weighted by molar-refractivity contribution is 7.99. The summed E-state index contributed by atoms with van der Waals surface area (Å²) in [5.74, 6) is 2.32. The molecule has 0 bridgehead atoms. The van der Waals surface area contributed by atoms with E-state index in [4.69, 9.17) is 11.6 Å². The van der Waals surface area contributed by atoms with Crippen molar-refractivity contribution in [3.8, 4) is 5.69 Å². The number of tetrazole rings is 1. The highest BCUT2D eigenvalue weighted by Crippen LogP contribution is 2.36. The minimum atomic E-state index is 0.362. The van der Waals surface area contributed by atoms with Gasteiger partial charge in [-0.3, -0.25) is 0 Å². The molecule has 1 atom stereocenters. The van der Waals surface area contributed by atoms with E-state index in [1.54, 1.807) is 11.0 Å². The van der Waals surface area contributed by atoms with Gasteiger partial charge in [0.15, 0.2) is 0 Å². The Labute approximate surface area is 133 Å². The smallest absolute Gasteiger partial charge is 0.143 e. The summed E-state index contributed by atoms with van der Waals surface area (Å²) in [5, 5.41) is 15.5. The fourth-order valence-corrected chi connectivity index (χ4v) is 4.07. The second-order valence-electron chi connectivity index (χ2n) is 6.14. The van der Waals surface area contributed by atoms with E-state index >= 15 is 0 Å². The van der Waals surface area contributed by atoms with Gasteiger partial charge in [0.2, 0.25) is 0 Å². The van der Waals surface area contributed by atoms with Crippen LogP contribution in [0, 0.1) is 5.41 Å². The van der Waals surface area contributed by atoms with Crippen molar-refractivity contribution in [2.45, 2.75) is 26.3 Å². The average molecular weight is 324 g/mol. The number of thioether (sulfide) groups is 1. The molecule has 5 nitrogen and oxygen atoms in total. The summed E-state index contributed by atoms with van der Waals surface area (Å²) in [6.45, 7) is 4.62. The zero-order valence-electron chi connectivity index (χ0n) is 12.1. The van der Waals surface area contributed by atoms with Crippen LogP contribution in [0.1, 0.15) is 20.3 Å². The van der Waals surface area contributed by atoms with Gasteiger partial charge >= 0.3 is 0 Å². The zero-order valence-corrected chi connectivity index (χ0v) is 13.7. The van der Waals surface area contributed by atoms with E-state index in [1.807, 2.05) is 30.0 Å². The van der Waals surface area contributed by atoms with E-state index in [2.05, 4.69) is 34.7 Å². The number of halogens is 1. The summed E-state index contributed by atoms with van der Waals surface area (Å²) in [5.41, 5.74) is 2.20. The monoisotopic (exact) mass is 323 g/mol. The van der Waals surface area contributed by atoms with Crippen LogP contribution in [0.15, 0.2) is 24.5 Å². The molecule has 0 radical (unpaired) electrons. The van der Waals surface area contributed by atoms with Crippen LogP contribution in [0.4, 0.5) is 5.69 Å². The Hall–Kier alpha value is -1.27. The standard InChI is InChI=1S/C14H18ClN5S/c1-14(2)6-10(7-21-8-14)17-13-5-11(3-4-12(13)15)20-9-16-18-19-20/h3-5,9-10,17H,6-8H2,1-2H3. The first-order valence-electron chi connectivity index (χ1n) is 6.91. The third-order valence-corrected chi connectivity index (χ3v) is 5.49. The molecule has 1 saturated heterocycles. The quantitative estimate of drug-likeness (QED) is 0.939. The first-order valence-corrected chi connectivity index (χ1v) is 8.44. The van der Waals surface area contributed by atoms with Gasteiger partial charge < -0.3 is 5.32 Å². The molecule has 7 heteroatoms. The van der Waals surface area contributed by atoms with E-state index in [-0.39, 0.29) is 0 Å². The van der Waals surface area contributed by atoms with Crippen LogP contribution in [0.25, 0.3) is 5.69 Å². The Morgan fingerprint density at radius 3 is 3.00 bits per heavy atom. The van der Waals surface area contributed by atoms with Crippen molar-refractivity contribution in [2.75, 3.05) is 16.8 Å². The molecule has 0 saturated carbocycles. The molecule has 2 heterocycles. The third-order valence-electron chi connectivity index (χ3n) is 3.53. The lowest BCUT2D eigenvalue weighted by atomic mass is 9.88. The van der Waals surface area contributed by atoms with E-state index < -0.39 is 0 Å². The Morgan fingerprint density at radius 1 is 1.43 bits per heavy atom. The van der Waals surface area contributed by atoms with Crippen molar-refractivity contribution in [3.05, 3.63) is 29.5 Å². The number of nitrogens with zero attached hydrogens (tertiary/aromatic N) is 4. The second kappa shape index (κ2) is 5.85. The normalized spacial score (nSPS) is 21.2. The van der Waals surface area contributed by atoms with Crippen LogP contribution in [0.3, 0.4) is 0 Å². The molecule has 3 rings (SSSR count). The van der Waals surface area contributed by atoms with Gasteiger partial charge in [-0.05, 0) is 46.2 Å². The van der Waals surface area contributed by atoms with Crippen LogP contribution in [-0.2, 0) is 0 Å². The first kappa shape index (κ1) is 14.7. The van der Waals surface area contributed by atoms with Crippen LogP contribution >= 0.6 is 23.4 Å². The van der Waals surface area contributed by atoms with E-state index in [9.17, 15) is 0 Å². The largest absolute Gasteiger partial charge is 0.380 e. The molecule has 0 aliphatic carbocycles. The Bertz CT molecular complexity index is 614. The van der Waals surface area contributed by atoms with Crippen LogP contribution in [0.2, 0.25) is 5.02 Å². The van der Waals surface area contributed by atoms with Crippen molar-refractivity contribution in [3.63, 3.8) is 0 Å². The number of nitrogens with one attached hydrogen (secondary N) is 1. The molecular formula is C14H18ClN5S. The molecule has 1 aliphatic rings. The molecule has 1 aliphatic heterocycles. The summed E-state index contributed by atoms with van der Waals surface area (Å²) in [7, 11) is 0. The molecule has 1 unspecified atom stereocenters. The minimum Gasteiger partial charge on any atom is -0.380 e. The summed E-state index contributed by atoms with van der Waals surface area (Å²) >= 11 is 8.31. The van der Waals surface area contributed by atoms with Gasteiger partial charge in [0.05, 0.1) is 16.4 Å². The Kier molecular flexibility index (Phi) is 4.08. The maximum atomic E-state index is 6.32. The highest BCUT2D eigenvalue weighted by Gasteiger charge is 2.28.